The van der Waals surface area contributed by atoms with Crippen molar-refractivity contribution in [1.29, 1.82) is 0 Å². The zero-order valence-electron chi connectivity index (χ0n) is 12.7. The molecule has 1 aliphatic heterocycles. The van der Waals surface area contributed by atoms with Crippen LogP contribution in [0.4, 0.5) is 0 Å². The predicted molar refractivity (Wildman–Crippen MR) is 83.1 cm³/mol. The second-order valence-electron chi connectivity index (χ2n) is 5.59. The number of ether oxygens (including phenoxy) is 1. The van der Waals surface area contributed by atoms with Gasteiger partial charge in [-0.1, -0.05) is 31.2 Å². The van der Waals surface area contributed by atoms with Crippen LogP contribution in [0.2, 0.25) is 0 Å². The first kappa shape index (κ1) is 14.3. The summed E-state index contributed by atoms with van der Waals surface area (Å²) in [5.74, 6) is 0. The van der Waals surface area contributed by atoms with E-state index < -0.39 is 0 Å². The molecule has 1 N–H and O–H groups in total. The summed E-state index contributed by atoms with van der Waals surface area (Å²) in [5, 5.41) is 8.20. The Kier molecular flexibility index (Phi) is 4.36. The van der Waals surface area contributed by atoms with Crippen molar-refractivity contribution < 1.29 is 4.74 Å². The Bertz CT molecular complexity index is 593. The summed E-state index contributed by atoms with van der Waals surface area (Å²) < 4.78 is 7.97. The number of hydrogen-bond donors (Lipinski definition) is 1. The standard InChI is InChI=1S/C17H23N3O/c1-3-10-18-16(15-8-11-20(2)19-15)17-14-7-5-4-6-13(14)9-12-21-17/h4-8,11,16-18H,3,9-10,12H2,1-2H3. The van der Waals surface area contributed by atoms with Crippen molar-refractivity contribution in [1.82, 2.24) is 15.1 Å². The zero-order valence-corrected chi connectivity index (χ0v) is 12.7. The monoisotopic (exact) mass is 285 g/mol. The molecule has 2 atom stereocenters. The van der Waals surface area contributed by atoms with Gasteiger partial charge in [0.1, 0.15) is 6.10 Å². The van der Waals surface area contributed by atoms with Gasteiger partial charge in [0.15, 0.2) is 0 Å². The molecule has 0 aliphatic carbocycles. The van der Waals surface area contributed by atoms with Gasteiger partial charge in [0, 0.05) is 13.2 Å². The van der Waals surface area contributed by atoms with E-state index in [0.29, 0.717) is 0 Å². The Morgan fingerprint density at radius 2 is 2.24 bits per heavy atom. The quantitative estimate of drug-likeness (QED) is 0.918. The van der Waals surface area contributed by atoms with Gasteiger partial charge < -0.3 is 10.1 Å². The highest BCUT2D eigenvalue weighted by Gasteiger charge is 2.30. The number of hydrogen-bond acceptors (Lipinski definition) is 3. The van der Waals surface area contributed by atoms with E-state index in [1.807, 2.05) is 17.9 Å². The van der Waals surface area contributed by atoms with Gasteiger partial charge >= 0.3 is 0 Å². The number of benzene rings is 1. The molecule has 0 saturated heterocycles. The van der Waals surface area contributed by atoms with Gasteiger partial charge in [-0.15, -0.1) is 0 Å². The van der Waals surface area contributed by atoms with E-state index in [-0.39, 0.29) is 12.1 Å². The maximum Gasteiger partial charge on any atom is 0.104 e. The van der Waals surface area contributed by atoms with Gasteiger partial charge in [0.25, 0.3) is 0 Å². The Balaban J connectivity index is 1.93. The Labute approximate surface area is 126 Å². The summed E-state index contributed by atoms with van der Waals surface area (Å²) in [4.78, 5) is 0. The van der Waals surface area contributed by atoms with Crippen molar-refractivity contribution >= 4 is 0 Å². The molecule has 2 heterocycles. The molecule has 112 valence electrons. The maximum atomic E-state index is 6.12. The van der Waals surface area contributed by atoms with Crippen LogP contribution < -0.4 is 5.32 Å². The second kappa shape index (κ2) is 6.41. The van der Waals surface area contributed by atoms with Crippen LogP contribution in [0.5, 0.6) is 0 Å². The van der Waals surface area contributed by atoms with E-state index in [9.17, 15) is 0 Å². The predicted octanol–water partition coefficient (Wildman–Crippen LogP) is 2.77. The molecule has 4 heteroatoms. The molecule has 0 saturated carbocycles. The van der Waals surface area contributed by atoms with Crippen LogP contribution >= 0.6 is 0 Å². The lowest BCUT2D eigenvalue weighted by molar-refractivity contribution is 0.0136. The molecule has 0 radical (unpaired) electrons. The molecular weight excluding hydrogens is 262 g/mol. The fraction of sp³-hybridized carbons (Fsp3) is 0.471. The van der Waals surface area contributed by atoms with Crippen LogP contribution in [-0.2, 0) is 18.2 Å². The van der Waals surface area contributed by atoms with Crippen molar-refractivity contribution in [2.24, 2.45) is 7.05 Å². The van der Waals surface area contributed by atoms with Crippen LogP contribution in [0, 0.1) is 0 Å². The Morgan fingerprint density at radius 1 is 1.38 bits per heavy atom. The van der Waals surface area contributed by atoms with Crippen LogP contribution in [0.3, 0.4) is 0 Å². The lowest BCUT2D eigenvalue weighted by atomic mass is 9.92. The lowest BCUT2D eigenvalue weighted by Crippen LogP contribution is -2.32. The third-order valence-corrected chi connectivity index (χ3v) is 4.00. The summed E-state index contributed by atoms with van der Waals surface area (Å²) in [7, 11) is 1.95. The minimum absolute atomic E-state index is 0.0383. The molecule has 1 aliphatic rings. The van der Waals surface area contributed by atoms with Crippen molar-refractivity contribution in [3.63, 3.8) is 0 Å². The molecule has 2 aromatic rings. The first-order valence-corrected chi connectivity index (χ1v) is 7.72. The average molecular weight is 285 g/mol. The molecule has 1 aromatic heterocycles. The fourth-order valence-corrected chi connectivity index (χ4v) is 2.97. The van der Waals surface area contributed by atoms with Gasteiger partial charge in [0.05, 0.1) is 18.3 Å². The number of fused-ring (bicyclic) bond motifs is 1. The molecule has 1 aromatic carbocycles. The summed E-state index contributed by atoms with van der Waals surface area (Å²) in [6.45, 7) is 3.92. The molecule has 0 spiro atoms. The van der Waals surface area contributed by atoms with Crippen molar-refractivity contribution in [2.45, 2.75) is 31.9 Å². The summed E-state index contributed by atoms with van der Waals surface area (Å²) >= 11 is 0. The smallest absolute Gasteiger partial charge is 0.104 e. The number of aryl methyl sites for hydroxylation is 1. The summed E-state index contributed by atoms with van der Waals surface area (Å²) in [6.07, 6.45) is 4.12. The third kappa shape index (κ3) is 3.01. The van der Waals surface area contributed by atoms with E-state index >= 15 is 0 Å². The van der Waals surface area contributed by atoms with Crippen LogP contribution in [0.25, 0.3) is 0 Å². The second-order valence-corrected chi connectivity index (χ2v) is 5.59. The van der Waals surface area contributed by atoms with Crippen LogP contribution in [0.1, 0.15) is 42.3 Å². The van der Waals surface area contributed by atoms with Crippen molar-refractivity contribution in [2.75, 3.05) is 13.2 Å². The van der Waals surface area contributed by atoms with Gasteiger partial charge in [-0.05, 0) is 36.6 Å². The minimum atomic E-state index is 0.0383. The van der Waals surface area contributed by atoms with E-state index in [0.717, 1.165) is 31.7 Å². The normalized spacial score (nSPS) is 19.2. The molecule has 2 unspecified atom stereocenters. The average Bonchev–Trinajstić information content (AvgIpc) is 2.94. The fourth-order valence-electron chi connectivity index (χ4n) is 2.97. The molecule has 0 bridgehead atoms. The first-order valence-electron chi connectivity index (χ1n) is 7.72. The molecule has 0 amide bonds. The molecule has 21 heavy (non-hydrogen) atoms. The number of nitrogens with zero attached hydrogens (tertiary/aromatic N) is 2. The minimum Gasteiger partial charge on any atom is -0.371 e. The molecule has 4 nitrogen and oxygen atoms in total. The highest BCUT2D eigenvalue weighted by atomic mass is 16.5. The van der Waals surface area contributed by atoms with E-state index in [1.54, 1.807) is 0 Å². The largest absolute Gasteiger partial charge is 0.371 e. The van der Waals surface area contributed by atoms with E-state index in [2.05, 4.69) is 47.7 Å². The lowest BCUT2D eigenvalue weighted by Gasteiger charge is -2.32. The highest BCUT2D eigenvalue weighted by Crippen LogP contribution is 2.36. The van der Waals surface area contributed by atoms with Crippen LogP contribution in [0.15, 0.2) is 36.5 Å². The molecule has 0 fully saturated rings. The van der Waals surface area contributed by atoms with Crippen LogP contribution in [-0.4, -0.2) is 22.9 Å². The van der Waals surface area contributed by atoms with Gasteiger partial charge in [-0.2, -0.15) is 5.10 Å². The molecule has 3 rings (SSSR count). The van der Waals surface area contributed by atoms with Gasteiger partial charge in [0.2, 0.25) is 0 Å². The maximum absolute atomic E-state index is 6.12. The first-order chi connectivity index (χ1) is 10.3. The van der Waals surface area contributed by atoms with Crippen molar-refractivity contribution in [3.05, 3.63) is 53.3 Å². The van der Waals surface area contributed by atoms with Crippen molar-refractivity contribution in [3.8, 4) is 0 Å². The van der Waals surface area contributed by atoms with E-state index in [4.69, 9.17) is 4.74 Å². The SMILES string of the molecule is CCCNC(c1ccn(C)n1)C1OCCc2ccccc21. The van der Waals surface area contributed by atoms with Gasteiger partial charge in [-0.25, -0.2) is 0 Å². The molecular formula is C17H23N3O. The number of nitrogens with one attached hydrogen (secondary N) is 1. The van der Waals surface area contributed by atoms with E-state index in [1.165, 1.54) is 11.1 Å². The summed E-state index contributed by atoms with van der Waals surface area (Å²) in [5.41, 5.74) is 3.74. The summed E-state index contributed by atoms with van der Waals surface area (Å²) in [6, 6.07) is 10.8. The highest BCUT2D eigenvalue weighted by molar-refractivity contribution is 5.33. The Morgan fingerprint density at radius 3 is 3.00 bits per heavy atom. The number of aromatic nitrogens is 2. The third-order valence-electron chi connectivity index (χ3n) is 4.00. The number of rotatable bonds is 5. The topological polar surface area (TPSA) is 39.1 Å². The Hall–Kier alpha value is -1.65. The van der Waals surface area contributed by atoms with Gasteiger partial charge in [-0.3, -0.25) is 4.68 Å². The zero-order chi connectivity index (χ0) is 14.7.